The summed E-state index contributed by atoms with van der Waals surface area (Å²) in [6.45, 7) is 0. The SMILES string of the molecule is O=C([O-])c1ccc2c(c1)[C@H]1[C@H]3CC[C@@H](C3)[C@H]1[C@H](c1cccc(C(F)(F)F)c1)N2. The van der Waals surface area contributed by atoms with E-state index in [9.17, 15) is 23.1 Å². The van der Waals surface area contributed by atoms with Crippen LogP contribution in [0.25, 0.3) is 0 Å². The summed E-state index contributed by atoms with van der Waals surface area (Å²) in [5, 5.41) is 14.8. The number of carboxylic acids is 1. The van der Waals surface area contributed by atoms with Crippen molar-refractivity contribution in [1.82, 2.24) is 0 Å². The third-order valence-electron chi connectivity index (χ3n) is 6.90. The van der Waals surface area contributed by atoms with E-state index in [0.717, 1.165) is 36.6 Å². The third kappa shape index (κ3) is 2.61. The molecule has 28 heavy (non-hydrogen) atoms. The van der Waals surface area contributed by atoms with E-state index in [1.54, 1.807) is 18.2 Å². The van der Waals surface area contributed by atoms with Crippen molar-refractivity contribution in [2.75, 3.05) is 5.32 Å². The summed E-state index contributed by atoms with van der Waals surface area (Å²) in [6, 6.07) is 10.3. The van der Waals surface area contributed by atoms with Crippen molar-refractivity contribution in [3.05, 3.63) is 64.7 Å². The van der Waals surface area contributed by atoms with Crippen LogP contribution in [-0.2, 0) is 6.18 Å². The fourth-order valence-electron chi connectivity index (χ4n) is 5.85. The highest BCUT2D eigenvalue weighted by atomic mass is 19.4. The summed E-state index contributed by atoms with van der Waals surface area (Å²) in [7, 11) is 0. The Bertz CT molecular complexity index is 955. The average molecular weight is 386 g/mol. The quantitative estimate of drug-likeness (QED) is 0.834. The minimum atomic E-state index is -4.37. The molecule has 146 valence electrons. The maximum Gasteiger partial charge on any atom is 0.416 e. The Morgan fingerprint density at radius 1 is 1.07 bits per heavy atom. The van der Waals surface area contributed by atoms with Gasteiger partial charge >= 0.3 is 6.18 Å². The van der Waals surface area contributed by atoms with E-state index < -0.39 is 17.7 Å². The highest BCUT2D eigenvalue weighted by Gasteiger charge is 2.54. The Kier molecular flexibility index (Phi) is 3.77. The molecule has 1 aliphatic heterocycles. The topological polar surface area (TPSA) is 52.2 Å². The Morgan fingerprint density at radius 2 is 1.86 bits per heavy atom. The molecule has 0 unspecified atom stereocenters. The van der Waals surface area contributed by atoms with Crippen molar-refractivity contribution in [2.45, 2.75) is 37.4 Å². The van der Waals surface area contributed by atoms with Gasteiger partial charge in [-0.25, -0.2) is 0 Å². The molecule has 3 aliphatic rings. The Balaban J connectivity index is 1.61. The van der Waals surface area contributed by atoms with Crippen LogP contribution in [0, 0.1) is 17.8 Å². The number of carboxylic acid groups (broad SMARTS) is 1. The van der Waals surface area contributed by atoms with E-state index in [1.165, 1.54) is 18.2 Å². The number of hydrogen-bond donors (Lipinski definition) is 1. The van der Waals surface area contributed by atoms with E-state index in [2.05, 4.69) is 5.32 Å². The van der Waals surface area contributed by atoms with Gasteiger partial charge in [0.15, 0.2) is 0 Å². The highest BCUT2D eigenvalue weighted by molar-refractivity contribution is 5.87. The monoisotopic (exact) mass is 386 g/mol. The molecule has 0 spiro atoms. The van der Waals surface area contributed by atoms with Crippen molar-refractivity contribution in [3.8, 4) is 0 Å². The zero-order valence-corrected chi connectivity index (χ0v) is 15.0. The third-order valence-corrected chi connectivity index (χ3v) is 6.90. The van der Waals surface area contributed by atoms with Gasteiger partial charge in [-0.3, -0.25) is 0 Å². The van der Waals surface area contributed by atoms with Gasteiger partial charge in [0, 0.05) is 5.69 Å². The van der Waals surface area contributed by atoms with Gasteiger partial charge in [-0.1, -0.05) is 18.2 Å². The van der Waals surface area contributed by atoms with E-state index in [-0.39, 0.29) is 23.4 Å². The molecule has 0 aromatic heterocycles. The molecule has 2 aromatic rings. The number of alkyl halides is 3. The van der Waals surface area contributed by atoms with E-state index >= 15 is 0 Å². The molecule has 0 radical (unpaired) electrons. The summed E-state index contributed by atoms with van der Waals surface area (Å²) < 4.78 is 39.7. The molecule has 2 saturated carbocycles. The molecule has 1 N–H and O–H groups in total. The number of benzene rings is 2. The number of hydrogen-bond acceptors (Lipinski definition) is 3. The van der Waals surface area contributed by atoms with Crippen LogP contribution in [0.1, 0.15) is 58.3 Å². The average Bonchev–Trinajstić information content (AvgIpc) is 3.29. The Labute approximate surface area is 160 Å². The van der Waals surface area contributed by atoms with Gasteiger partial charge in [0.25, 0.3) is 0 Å². The fourth-order valence-corrected chi connectivity index (χ4v) is 5.85. The molecule has 5 rings (SSSR count). The molecule has 2 aliphatic carbocycles. The van der Waals surface area contributed by atoms with Gasteiger partial charge in [-0.2, -0.15) is 13.2 Å². The second-order valence-corrected chi connectivity index (χ2v) is 8.27. The first-order chi connectivity index (χ1) is 13.3. The van der Waals surface area contributed by atoms with Crippen molar-refractivity contribution in [1.29, 1.82) is 0 Å². The molecule has 0 saturated heterocycles. The first-order valence-electron chi connectivity index (χ1n) is 9.62. The van der Waals surface area contributed by atoms with Crippen molar-refractivity contribution < 1.29 is 23.1 Å². The number of anilines is 1. The summed E-state index contributed by atoms with van der Waals surface area (Å²) in [5.74, 6) is 0.0473. The lowest BCUT2D eigenvalue weighted by Gasteiger charge is -2.44. The summed E-state index contributed by atoms with van der Waals surface area (Å²) in [5.41, 5.74) is 1.96. The smallest absolute Gasteiger partial charge is 0.416 e. The van der Waals surface area contributed by atoms with Crippen LogP contribution < -0.4 is 10.4 Å². The van der Waals surface area contributed by atoms with E-state index in [1.807, 2.05) is 0 Å². The molecule has 5 atom stereocenters. The molecule has 0 amide bonds. The fraction of sp³-hybridized carbons (Fsp3) is 0.409. The van der Waals surface area contributed by atoms with Crippen LogP contribution in [0.5, 0.6) is 0 Å². The molecule has 6 heteroatoms. The summed E-state index contributed by atoms with van der Waals surface area (Å²) in [4.78, 5) is 11.3. The van der Waals surface area contributed by atoms with Crippen LogP contribution in [0.15, 0.2) is 42.5 Å². The Morgan fingerprint density at radius 3 is 2.61 bits per heavy atom. The van der Waals surface area contributed by atoms with Crippen molar-refractivity contribution in [2.24, 2.45) is 17.8 Å². The molecule has 1 heterocycles. The second-order valence-electron chi connectivity index (χ2n) is 8.27. The van der Waals surface area contributed by atoms with E-state index in [0.29, 0.717) is 17.4 Å². The standard InChI is InChI=1S/C22H20F3NO2/c23-22(24,25)15-3-1-2-13(9-15)20-19-12-5-4-11(8-12)18(19)16-10-14(21(27)28)6-7-17(16)26-20/h1-3,6-7,9-12,18-20,26H,4-5,8H2,(H,27,28)/p-1/t11-,12-,18+,19+,20-/m0/s1. The van der Waals surface area contributed by atoms with Crippen LogP contribution in [0.2, 0.25) is 0 Å². The van der Waals surface area contributed by atoms with Gasteiger partial charge in [-0.15, -0.1) is 0 Å². The summed E-state index contributed by atoms with van der Waals surface area (Å²) in [6.07, 6.45) is -1.14. The summed E-state index contributed by atoms with van der Waals surface area (Å²) >= 11 is 0. The number of nitrogens with one attached hydrogen (secondary N) is 1. The number of halogens is 3. The maximum absolute atomic E-state index is 13.2. The predicted octanol–water partition coefficient (Wildman–Crippen LogP) is 4.37. The van der Waals surface area contributed by atoms with Crippen molar-refractivity contribution >= 4 is 11.7 Å². The van der Waals surface area contributed by atoms with Crippen LogP contribution in [0.4, 0.5) is 18.9 Å². The number of fused-ring (bicyclic) bond motifs is 7. The highest BCUT2D eigenvalue weighted by Crippen LogP contribution is 2.63. The molecule has 3 nitrogen and oxygen atoms in total. The molecular formula is C22H19F3NO2-. The number of carbonyl (C=O) groups excluding carboxylic acids is 1. The maximum atomic E-state index is 13.2. The molecule has 2 fully saturated rings. The Hall–Kier alpha value is -2.50. The lowest BCUT2D eigenvalue weighted by molar-refractivity contribution is -0.255. The number of rotatable bonds is 2. The molecule has 2 bridgehead atoms. The van der Waals surface area contributed by atoms with Gasteiger partial charge in [0.05, 0.1) is 17.6 Å². The second kappa shape index (κ2) is 6.00. The van der Waals surface area contributed by atoms with Gasteiger partial charge in [0.2, 0.25) is 0 Å². The van der Waals surface area contributed by atoms with Gasteiger partial charge < -0.3 is 15.2 Å². The van der Waals surface area contributed by atoms with Crippen LogP contribution >= 0.6 is 0 Å². The molecular weight excluding hydrogens is 367 g/mol. The normalized spacial score (nSPS) is 30.5. The van der Waals surface area contributed by atoms with Crippen LogP contribution in [0.3, 0.4) is 0 Å². The number of aromatic carboxylic acids is 1. The lowest BCUT2D eigenvalue weighted by atomic mass is 9.68. The number of carbonyl (C=O) groups is 1. The largest absolute Gasteiger partial charge is 0.545 e. The first kappa shape index (κ1) is 17.6. The van der Waals surface area contributed by atoms with Gasteiger partial charge in [-0.05, 0) is 83.9 Å². The first-order valence-corrected chi connectivity index (χ1v) is 9.62. The predicted molar refractivity (Wildman–Crippen MR) is 95.6 cm³/mol. The zero-order chi connectivity index (χ0) is 19.6. The minimum absolute atomic E-state index is 0.152. The van der Waals surface area contributed by atoms with Crippen molar-refractivity contribution in [3.63, 3.8) is 0 Å². The van der Waals surface area contributed by atoms with Gasteiger partial charge in [0.1, 0.15) is 0 Å². The minimum Gasteiger partial charge on any atom is -0.545 e. The lowest BCUT2D eigenvalue weighted by Crippen LogP contribution is -2.36. The molecule has 2 aromatic carbocycles. The zero-order valence-electron chi connectivity index (χ0n) is 15.0. The van der Waals surface area contributed by atoms with E-state index in [4.69, 9.17) is 0 Å². The van der Waals surface area contributed by atoms with Crippen LogP contribution in [-0.4, -0.2) is 5.97 Å².